The molecule has 0 unspecified atom stereocenters. The van der Waals surface area contributed by atoms with Crippen molar-refractivity contribution in [2.24, 2.45) is 0 Å². The molecule has 0 aliphatic rings. The van der Waals surface area contributed by atoms with Gasteiger partial charge < -0.3 is 15.7 Å². The fourth-order valence-corrected chi connectivity index (χ4v) is 1.91. The number of likely N-dealkylation sites (N-methyl/N-ethyl adjacent to an activating group) is 1. The summed E-state index contributed by atoms with van der Waals surface area (Å²) in [5, 5.41) is 8.80. The number of amides is 1. The van der Waals surface area contributed by atoms with E-state index in [0.29, 0.717) is 18.7 Å². The van der Waals surface area contributed by atoms with Gasteiger partial charge in [0, 0.05) is 25.9 Å². The van der Waals surface area contributed by atoms with Crippen LogP contribution in [-0.2, 0) is 10.2 Å². The van der Waals surface area contributed by atoms with Crippen LogP contribution in [0.4, 0.5) is 5.69 Å². The van der Waals surface area contributed by atoms with Crippen LogP contribution in [0.2, 0.25) is 0 Å². The van der Waals surface area contributed by atoms with E-state index in [2.05, 4.69) is 0 Å². The van der Waals surface area contributed by atoms with E-state index in [9.17, 15) is 4.79 Å². The van der Waals surface area contributed by atoms with Crippen molar-refractivity contribution >= 4 is 11.6 Å². The minimum absolute atomic E-state index is 0.0423. The van der Waals surface area contributed by atoms with Gasteiger partial charge in [-0.05, 0) is 38.0 Å². The van der Waals surface area contributed by atoms with Crippen LogP contribution in [0.1, 0.15) is 25.8 Å². The molecule has 0 bridgehead atoms. The van der Waals surface area contributed by atoms with Crippen molar-refractivity contribution in [1.29, 1.82) is 0 Å². The Balaban J connectivity index is 2.84. The molecule has 1 aromatic carbocycles. The summed E-state index contributed by atoms with van der Waals surface area (Å²) in [6, 6.07) is 7.37. The summed E-state index contributed by atoms with van der Waals surface area (Å²) in [5.41, 5.74) is 6.70. The minimum Gasteiger partial charge on any atom is -0.399 e. The maximum atomic E-state index is 12.4. The van der Waals surface area contributed by atoms with Gasteiger partial charge in [-0.25, -0.2) is 0 Å². The maximum Gasteiger partial charge on any atom is 0.232 e. The maximum absolute atomic E-state index is 12.4. The predicted octanol–water partition coefficient (Wildman–Crippen LogP) is 1.39. The largest absolute Gasteiger partial charge is 0.399 e. The molecule has 0 fully saturated rings. The Kier molecular flexibility index (Phi) is 4.73. The monoisotopic (exact) mass is 250 g/mol. The number of hydrogen-bond donors (Lipinski definition) is 2. The lowest BCUT2D eigenvalue weighted by atomic mass is 9.83. The van der Waals surface area contributed by atoms with Gasteiger partial charge in [-0.2, -0.15) is 0 Å². The highest BCUT2D eigenvalue weighted by Crippen LogP contribution is 2.26. The van der Waals surface area contributed by atoms with Gasteiger partial charge in [-0.1, -0.05) is 12.1 Å². The van der Waals surface area contributed by atoms with E-state index in [0.717, 1.165) is 5.56 Å². The fourth-order valence-electron chi connectivity index (χ4n) is 1.91. The number of aliphatic hydroxyl groups excluding tert-OH is 1. The van der Waals surface area contributed by atoms with Crippen molar-refractivity contribution in [3.63, 3.8) is 0 Å². The summed E-state index contributed by atoms with van der Waals surface area (Å²) in [7, 11) is 1.76. The molecule has 4 heteroatoms. The average molecular weight is 250 g/mol. The van der Waals surface area contributed by atoms with E-state index >= 15 is 0 Å². The summed E-state index contributed by atoms with van der Waals surface area (Å²) in [4.78, 5) is 14.0. The van der Waals surface area contributed by atoms with Gasteiger partial charge in [0.05, 0.1) is 5.41 Å². The molecule has 1 aromatic rings. The van der Waals surface area contributed by atoms with Gasteiger partial charge in [0.25, 0.3) is 0 Å². The minimum atomic E-state index is -0.585. The Bertz CT molecular complexity index is 399. The molecule has 0 aliphatic heterocycles. The third-order valence-corrected chi connectivity index (χ3v) is 3.17. The Hall–Kier alpha value is -1.55. The Morgan fingerprint density at radius 2 is 1.89 bits per heavy atom. The molecule has 0 spiro atoms. The number of anilines is 1. The van der Waals surface area contributed by atoms with E-state index in [4.69, 9.17) is 10.8 Å². The highest BCUT2D eigenvalue weighted by molar-refractivity contribution is 5.87. The highest BCUT2D eigenvalue weighted by atomic mass is 16.3. The van der Waals surface area contributed by atoms with Crippen LogP contribution in [0.15, 0.2) is 24.3 Å². The first kappa shape index (κ1) is 14.5. The van der Waals surface area contributed by atoms with Crippen molar-refractivity contribution < 1.29 is 9.90 Å². The number of aliphatic hydroxyl groups is 1. The van der Waals surface area contributed by atoms with E-state index in [1.807, 2.05) is 26.0 Å². The second-order valence-electron chi connectivity index (χ2n) is 5.05. The van der Waals surface area contributed by atoms with Crippen LogP contribution in [0.5, 0.6) is 0 Å². The normalized spacial score (nSPS) is 11.3. The van der Waals surface area contributed by atoms with Gasteiger partial charge in [0.1, 0.15) is 0 Å². The lowest BCUT2D eigenvalue weighted by Crippen LogP contribution is -2.41. The first-order valence-corrected chi connectivity index (χ1v) is 6.12. The summed E-state index contributed by atoms with van der Waals surface area (Å²) in [6.07, 6.45) is 0.597. The SMILES string of the molecule is CN(CCCO)C(=O)C(C)(C)c1ccc(N)cc1. The van der Waals surface area contributed by atoms with Crippen LogP contribution in [0, 0.1) is 0 Å². The molecule has 1 amide bonds. The molecule has 0 aliphatic carbocycles. The molecule has 3 N–H and O–H groups in total. The third-order valence-electron chi connectivity index (χ3n) is 3.17. The average Bonchev–Trinajstić information content (AvgIpc) is 2.35. The number of nitrogens with zero attached hydrogens (tertiary/aromatic N) is 1. The zero-order chi connectivity index (χ0) is 13.8. The zero-order valence-corrected chi connectivity index (χ0v) is 11.3. The van der Waals surface area contributed by atoms with Crippen LogP contribution in [0.3, 0.4) is 0 Å². The number of rotatable bonds is 5. The summed E-state index contributed by atoms with van der Waals surface area (Å²) in [5.74, 6) is 0.0423. The number of benzene rings is 1. The van der Waals surface area contributed by atoms with Gasteiger partial charge in [-0.15, -0.1) is 0 Å². The molecule has 0 saturated heterocycles. The molecule has 100 valence electrons. The molecule has 0 heterocycles. The molecule has 1 rings (SSSR count). The number of carbonyl (C=O) groups excluding carboxylic acids is 1. The molecular formula is C14H22N2O2. The number of hydrogen-bond acceptors (Lipinski definition) is 3. The van der Waals surface area contributed by atoms with E-state index < -0.39 is 5.41 Å². The van der Waals surface area contributed by atoms with Crippen LogP contribution in [-0.4, -0.2) is 36.1 Å². The van der Waals surface area contributed by atoms with Gasteiger partial charge >= 0.3 is 0 Å². The first-order chi connectivity index (χ1) is 8.39. The smallest absolute Gasteiger partial charge is 0.232 e. The molecular weight excluding hydrogens is 228 g/mol. The molecule has 0 aromatic heterocycles. The zero-order valence-electron chi connectivity index (χ0n) is 11.3. The van der Waals surface area contributed by atoms with Crippen molar-refractivity contribution in [1.82, 2.24) is 4.90 Å². The molecule has 0 radical (unpaired) electrons. The molecule has 18 heavy (non-hydrogen) atoms. The van der Waals surface area contributed by atoms with E-state index in [1.165, 1.54) is 0 Å². The lowest BCUT2D eigenvalue weighted by Gasteiger charge is -2.29. The number of carbonyl (C=O) groups is 1. The summed E-state index contributed by atoms with van der Waals surface area (Å²) < 4.78 is 0. The lowest BCUT2D eigenvalue weighted by molar-refractivity contribution is -0.135. The van der Waals surface area contributed by atoms with Crippen molar-refractivity contribution in [2.45, 2.75) is 25.7 Å². The fraction of sp³-hybridized carbons (Fsp3) is 0.500. The molecule has 0 atom stereocenters. The standard InChI is InChI=1S/C14H22N2O2/c1-14(2,11-5-7-12(15)8-6-11)13(18)16(3)9-4-10-17/h5-8,17H,4,9-10,15H2,1-3H3. The second-order valence-corrected chi connectivity index (χ2v) is 5.05. The molecule has 4 nitrogen and oxygen atoms in total. The summed E-state index contributed by atoms with van der Waals surface area (Å²) in [6.45, 7) is 4.46. The highest BCUT2D eigenvalue weighted by Gasteiger charge is 2.31. The quantitative estimate of drug-likeness (QED) is 0.776. The van der Waals surface area contributed by atoms with Gasteiger partial charge in [-0.3, -0.25) is 4.79 Å². The topological polar surface area (TPSA) is 66.6 Å². The van der Waals surface area contributed by atoms with Crippen molar-refractivity contribution in [3.8, 4) is 0 Å². The van der Waals surface area contributed by atoms with E-state index in [-0.39, 0.29) is 12.5 Å². The van der Waals surface area contributed by atoms with Crippen LogP contribution in [0.25, 0.3) is 0 Å². The van der Waals surface area contributed by atoms with Gasteiger partial charge in [0.2, 0.25) is 5.91 Å². The predicted molar refractivity (Wildman–Crippen MR) is 73.2 cm³/mol. The number of nitrogens with two attached hydrogens (primary N) is 1. The molecule has 0 saturated carbocycles. The Morgan fingerprint density at radius 1 is 1.33 bits per heavy atom. The summed E-state index contributed by atoms with van der Waals surface area (Å²) >= 11 is 0. The Labute approximate surface area is 108 Å². The Morgan fingerprint density at radius 3 is 2.39 bits per heavy atom. The van der Waals surface area contributed by atoms with E-state index in [1.54, 1.807) is 24.1 Å². The first-order valence-electron chi connectivity index (χ1n) is 6.12. The third kappa shape index (κ3) is 3.23. The van der Waals surface area contributed by atoms with Gasteiger partial charge in [0.15, 0.2) is 0 Å². The van der Waals surface area contributed by atoms with Crippen molar-refractivity contribution in [2.75, 3.05) is 25.9 Å². The van der Waals surface area contributed by atoms with Crippen LogP contribution >= 0.6 is 0 Å². The van der Waals surface area contributed by atoms with Crippen molar-refractivity contribution in [3.05, 3.63) is 29.8 Å². The second kappa shape index (κ2) is 5.87. The number of nitrogen functional groups attached to an aromatic ring is 1. The van der Waals surface area contributed by atoms with Crippen LogP contribution < -0.4 is 5.73 Å².